The summed E-state index contributed by atoms with van der Waals surface area (Å²) in [5, 5.41) is 3.68. The molecule has 0 aliphatic rings. The van der Waals surface area contributed by atoms with E-state index in [4.69, 9.17) is 4.42 Å². The highest BCUT2D eigenvalue weighted by atomic mass is 32.1. The summed E-state index contributed by atoms with van der Waals surface area (Å²) in [5.74, 6) is -0.268. The van der Waals surface area contributed by atoms with Gasteiger partial charge in [0, 0.05) is 0 Å². The van der Waals surface area contributed by atoms with Crippen molar-refractivity contribution < 1.29 is 8.81 Å². The van der Waals surface area contributed by atoms with Crippen LogP contribution >= 0.6 is 11.3 Å². The second-order valence-electron chi connectivity index (χ2n) is 5.13. The Morgan fingerprint density at radius 1 is 1.09 bits per heavy atom. The third-order valence-electron chi connectivity index (χ3n) is 3.64. The first-order chi connectivity index (χ1) is 10.6. The molecule has 0 saturated carbocycles. The molecule has 110 valence electrons. The van der Waals surface area contributed by atoms with E-state index in [1.807, 2.05) is 26.0 Å². The lowest BCUT2D eigenvalue weighted by molar-refractivity contribution is 0.620. The number of nitrogens with one attached hydrogen (secondary N) is 1. The van der Waals surface area contributed by atoms with Crippen LogP contribution in [0.5, 0.6) is 0 Å². The van der Waals surface area contributed by atoms with Crippen LogP contribution in [0.1, 0.15) is 11.1 Å². The van der Waals surface area contributed by atoms with Gasteiger partial charge in [0.15, 0.2) is 10.7 Å². The van der Waals surface area contributed by atoms with Crippen molar-refractivity contribution in [2.24, 2.45) is 0 Å². The summed E-state index contributed by atoms with van der Waals surface area (Å²) in [5.41, 5.74) is 4.56. The maximum atomic E-state index is 13.2. The normalized spacial score (nSPS) is 11.4. The topological polar surface area (TPSA) is 51.0 Å². The molecule has 0 bridgehead atoms. The molecular weight excluding hydrogens is 301 g/mol. The van der Waals surface area contributed by atoms with Gasteiger partial charge in [-0.3, -0.25) is 5.32 Å². The average Bonchev–Trinajstić information content (AvgIpc) is 3.06. The number of oxazole rings is 1. The lowest BCUT2D eigenvalue weighted by Gasteiger charge is -1.97. The summed E-state index contributed by atoms with van der Waals surface area (Å²) in [6.07, 6.45) is 0. The minimum absolute atomic E-state index is 0.268. The number of aryl methyl sites for hydroxylation is 2. The van der Waals surface area contributed by atoms with Crippen molar-refractivity contribution in [3.63, 3.8) is 0 Å². The monoisotopic (exact) mass is 313 g/mol. The van der Waals surface area contributed by atoms with Crippen molar-refractivity contribution in [2.45, 2.75) is 13.8 Å². The minimum atomic E-state index is -0.268. The number of benzene rings is 2. The van der Waals surface area contributed by atoms with Crippen LogP contribution in [-0.2, 0) is 0 Å². The molecule has 1 N–H and O–H groups in total. The highest BCUT2D eigenvalue weighted by Crippen LogP contribution is 2.30. The molecule has 0 aliphatic carbocycles. The lowest BCUT2D eigenvalue weighted by Crippen LogP contribution is -1.88. The van der Waals surface area contributed by atoms with Crippen LogP contribution in [0.2, 0.25) is 0 Å². The molecule has 0 saturated heterocycles. The summed E-state index contributed by atoms with van der Waals surface area (Å²) < 4.78 is 19.8. The Bertz CT molecular complexity index is 1010. The van der Waals surface area contributed by atoms with Gasteiger partial charge < -0.3 is 4.42 Å². The molecule has 0 fully saturated rings. The fourth-order valence-electron chi connectivity index (χ4n) is 2.32. The molecule has 2 aromatic heterocycles. The summed E-state index contributed by atoms with van der Waals surface area (Å²) in [7, 11) is 0. The van der Waals surface area contributed by atoms with Gasteiger partial charge in [0.25, 0.3) is 0 Å². The van der Waals surface area contributed by atoms with Crippen molar-refractivity contribution in [3.8, 4) is 0 Å². The summed E-state index contributed by atoms with van der Waals surface area (Å²) >= 11 is 1.36. The molecule has 6 heteroatoms. The maximum Gasteiger partial charge on any atom is 0.302 e. The van der Waals surface area contributed by atoms with Crippen LogP contribution in [0, 0.1) is 19.7 Å². The van der Waals surface area contributed by atoms with E-state index in [2.05, 4.69) is 15.3 Å². The Hall–Kier alpha value is -2.47. The Morgan fingerprint density at radius 3 is 2.77 bits per heavy atom. The van der Waals surface area contributed by atoms with Gasteiger partial charge in [-0.2, -0.15) is 4.98 Å². The number of fused-ring (bicyclic) bond motifs is 2. The van der Waals surface area contributed by atoms with E-state index in [1.165, 1.54) is 23.5 Å². The van der Waals surface area contributed by atoms with E-state index < -0.39 is 0 Å². The Morgan fingerprint density at radius 2 is 1.91 bits per heavy atom. The van der Waals surface area contributed by atoms with Gasteiger partial charge in [0.1, 0.15) is 11.3 Å². The molecule has 2 aromatic carbocycles. The maximum absolute atomic E-state index is 13.2. The number of anilines is 2. The van der Waals surface area contributed by atoms with Gasteiger partial charge in [-0.1, -0.05) is 17.4 Å². The van der Waals surface area contributed by atoms with Gasteiger partial charge in [-0.25, -0.2) is 9.37 Å². The predicted molar refractivity (Wildman–Crippen MR) is 86.3 cm³/mol. The fourth-order valence-corrected chi connectivity index (χ4v) is 3.20. The van der Waals surface area contributed by atoms with Crippen LogP contribution < -0.4 is 5.32 Å². The van der Waals surface area contributed by atoms with Gasteiger partial charge in [0.2, 0.25) is 0 Å². The molecule has 4 rings (SSSR count). The molecule has 4 nitrogen and oxygen atoms in total. The van der Waals surface area contributed by atoms with Crippen LogP contribution in [0.4, 0.5) is 15.5 Å². The van der Waals surface area contributed by atoms with Crippen molar-refractivity contribution in [1.29, 1.82) is 0 Å². The molecule has 0 radical (unpaired) electrons. The number of hydrogen-bond donors (Lipinski definition) is 1. The fraction of sp³-hybridized carbons (Fsp3) is 0.125. The zero-order chi connectivity index (χ0) is 15.3. The Kier molecular flexibility index (Phi) is 2.87. The molecule has 0 unspecified atom stereocenters. The molecule has 0 amide bonds. The standard InChI is InChI=1S/C16H12FN3OS/c1-8-3-5-12-14(9(8)2)21-15(18-12)20-16-19-11-6-4-10(17)7-13(11)22-16/h3-7H,1-2H3,(H,18,19,20). The zero-order valence-corrected chi connectivity index (χ0v) is 12.8. The predicted octanol–water partition coefficient (Wildman–Crippen LogP) is 4.94. The second-order valence-corrected chi connectivity index (χ2v) is 6.16. The van der Waals surface area contributed by atoms with E-state index in [1.54, 1.807) is 6.07 Å². The molecule has 2 heterocycles. The minimum Gasteiger partial charge on any atom is -0.423 e. The van der Waals surface area contributed by atoms with E-state index in [-0.39, 0.29) is 5.82 Å². The summed E-state index contributed by atoms with van der Waals surface area (Å²) in [6.45, 7) is 4.04. The van der Waals surface area contributed by atoms with Gasteiger partial charge in [-0.15, -0.1) is 0 Å². The third-order valence-corrected chi connectivity index (χ3v) is 4.57. The molecule has 0 spiro atoms. The number of halogens is 1. The van der Waals surface area contributed by atoms with Crippen molar-refractivity contribution in [2.75, 3.05) is 5.32 Å². The number of rotatable bonds is 2. The van der Waals surface area contributed by atoms with Crippen LogP contribution in [0.3, 0.4) is 0 Å². The number of nitrogens with zero attached hydrogens (tertiary/aromatic N) is 2. The number of aromatic nitrogens is 2. The van der Waals surface area contributed by atoms with E-state index in [0.29, 0.717) is 11.1 Å². The molecule has 0 aliphatic heterocycles. The largest absolute Gasteiger partial charge is 0.423 e. The number of hydrogen-bond acceptors (Lipinski definition) is 5. The van der Waals surface area contributed by atoms with Crippen molar-refractivity contribution >= 4 is 43.8 Å². The van der Waals surface area contributed by atoms with Crippen molar-refractivity contribution in [3.05, 3.63) is 47.3 Å². The molecule has 0 atom stereocenters. The van der Waals surface area contributed by atoms with Crippen molar-refractivity contribution in [1.82, 2.24) is 9.97 Å². The highest BCUT2D eigenvalue weighted by Gasteiger charge is 2.12. The molecule has 22 heavy (non-hydrogen) atoms. The molecular formula is C16H12FN3OS. The van der Waals surface area contributed by atoms with Gasteiger partial charge in [0.05, 0.1) is 10.2 Å². The van der Waals surface area contributed by atoms with E-state index in [9.17, 15) is 4.39 Å². The van der Waals surface area contributed by atoms with E-state index >= 15 is 0 Å². The Labute approximate surface area is 129 Å². The highest BCUT2D eigenvalue weighted by molar-refractivity contribution is 7.22. The molecule has 4 aromatic rings. The smallest absolute Gasteiger partial charge is 0.302 e. The summed E-state index contributed by atoms with van der Waals surface area (Å²) in [6, 6.07) is 8.87. The first kappa shape index (κ1) is 13.2. The van der Waals surface area contributed by atoms with Gasteiger partial charge in [-0.05, 0) is 49.2 Å². The van der Waals surface area contributed by atoms with Crippen LogP contribution in [-0.4, -0.2) is 9.97 Å². The summed E-state index contributed by atoms with van der Waals surface area (Å²) in [4.78, 5) is 8.81. The zero-order valence-electron chi connectivity index (χ0n) is 12.0. The SMILES string of the molecule is Cc1ccc2nc(Nc3nc4ccc(F)cc4s3)oc2c1C. The van der Waals surface area contributed by atoms with Gasteiger partial charge >= 0.3 is 6.01 Å². The lowest BCUT2D eigenvalue weighted by atomic mass is 10.1. The number of thiazole rings is 1. The quantitative estimate of drug-likeness (QED) is 0.569. The van der Waals surface area contributed by atoms with E-state index in [0.717, 1.165) is 32.4 Å². The van der Waals surface area contributed by atoms with Crippen LogP contribution in [0.15, 0.2) is 34.7 Å². The Balaban J connectivity index is 1.74. The first-order valence-electron chi connectivity index (χ1n) is 6.80. The first-order valence-corrected chi connectivity index (χ1v) is 7.62. The third kappa shape index (κ3) is 2.12. The average molecular weight is 313 g/mol. The second kappa shape index (κ2) is 4.78. The van der Waals surface area contributed by atoms with Crippen LogP contribution in [0.25, 0.3) is 21.3 Å².